The highest BCUT2D eigenvalue weighted by molar-refractivity contribution is 5.74. The molecule has 1 rings (SSSR count). The second-order valence-electron chi connectivity index (χ2n) is 6.82. The number of rotatable bonds is 6. The molecule has 0 aliphatic rings. The van der Waals surface area contributed by atoms with Gasteiger partial charge in [0.15, 0.2) is 0 Å². The van der Waals surface area contributed by atoms with Gasteiger partial charge in [0.25, 0.3) is 0 Å². The summed E-state index contributed by atoms with van der Waals surface area (Å²) >= 11 is 0. The number of ether oxygens (including phenoxy) is 2. The third-order valence-corrected chi connectivity index (χ3v) is 3.08. The molecule has 164 valence electrons. The molecular formula is C19H26F3NO6. The van der Waals surface area contributed by atoms with Gasteiger partial charge >= 0.3 is 24.2 Å². The average Bonchev–Trinajstić information content (AvgIpc) is 2.57. The van der Waals surface area contributed by atoms with Gasteiger partial charge in [-0.2, -0.15) is 13.2 Å². The normalized spacial score (nSPS) is 12.1. The Morgan fingerprint density at radius 2 is 1.62 bits per heavy atom. The molecule has 0 bridgehead atoms. The van der Waals surface area contributed by atoms with Crippen molar-refractivity contribution in [2.75, 3.05) is 13.2 Å². The number of carboxylic acid groups (broad SMARTS) is 1. The van der Waals surface area contributed by atoms with Crippen LogP contribution in [0.4, 0.5) is 18.0 Å². The second kappa shape index (κ2) is 11.9. The van der Waals surface area contributed by atoms with Crippen molar-refractivity contribution in [2.24, 2.45) is 5.92 Å². The number of esters is 1. The van der Waals surface area contributed by atoms with Crippen LogP contribution in [0.2, 0.25) is 0 Å². The van der Waals surface area contributed by atoms with Gasteiger partial charge in [-0.05, 0) is 39.7 Å². The van der Waals surface area contributed by atoms with E-state index in [2.05, 4.69) is 5.32 Å². The maximum atomic E-state index is 12.0. The van der Waals surface area contributed by atoms with Crippen LogP contribution in [-0.4, -0.2) is 48.1 Å². The molecule has 1 amide bonds. The number of carboxylic acids is 1. The zero-order valence-corrected chi connectivity index (χ0v) is 16.7. The summed E-state index contributed by atoms with van der Waals surface area (Å²) in [5, 5.41) is 9.76. The van der Waals surface area contributed by atoms with Crippen LogP contribution in [0, 0.1) is 5.92 Å². The standard InChI is InChI=1S/C17H25NO4.C2HF3O2/c1-5-21-15(19)14(11-13-9-7-6-8-10-13)12-18-16(20)22-17(2,3)4;3-2(4,5)1(6)7/h6-10,14H,5,11-12H2,1-4H3,(H,18,20);(H,6,7)/t14-;/m1./s1. The predicted octanol–water partition coefficient (Wildman–Crippen LogP) is 3.57. The maximum Gasteiger partial charge on any atom is 0.490 e. The lowest BCUT2D eigenvalue weighted by Crippen LogP contribution is -2.38. The molecule has 0 radical (unpaired) electrons. The molecule has 29 heavy (non-hydrogen) atoms. The van der Waals surface area contributed by atoms with Gasteiger partial charge in [-0.25, -0.2) is 9.59 Å². The van der Waals surface area contributed by atoms with E-state index in [1.54, 1.807) is 27.7 Å². The quantitative estimate of drug-likeness (QED) is 0.681. The lowest BCUT2D eigenvalue weighted by Gasteiger charge is -2.21. The van der Waals surface area contributed by atoms with E-state index in [1.807, 2.05) is 30.3 Å². The Kier molecular flexibility index (Phi) is 10.8. The van der Waals surface area contributed by atoms with Gasteiger partial charge in [0.1, 0.15) is 5.60 Å². The largest absolute Gasteiger partial charge is 0.490 e. The SMILES string of the molecule is CCOC(=O)[C@@H](CNC(=O)OC(C)(C)C)Cc1ccccc1.O=C(O)C(F)(F)F. The molecule has 0 heterocycles. The van der Waals surface area contributed by atoms with Gasteiger partial charge in [0, 0.05) is 6.54 Å². The third-order valence-electron chi connectivity index (χ3n) is 3.08. The minimum atomic E-state index is -5.08. The molecule has 0 unspecified atom stereocenters. The van der Waals surface area contributed by atoms with E-state index in [-0.39, 0.29) is 12.5 Å². The molecule has 0 saturated carbocycles. The lowest BCUT2D eigenvalue weighted by atomic mass is 9.99. The Labute approximate surface area is 167 Å². The molecule has 10 heteroatoms. The van der Waals surface area contributed by atoms with E-state index >= 15 is 0 Å². The van der Waals surface area contributed by atoms with Gasteiger partial charge < -0.3 is 19.9 Å². The topological polar surface area (TPSA) is 102 Å². The van der Waals surface area contributed by atoms with Crippen LogP contribution in [0.5, 0.6) is 0 Å². The average molecular weight is 421 g/mol. The molecule has 0 aliphatic carbocycles. The number of hydrogen-bond acceptors (Lipinski definition) is 5. The summed E-state index contributed by atoms with van der Waals surface area (Å²) < 4.78 is 42.0. The van der Waals surface area contributed by atoms with Gasteiger partial charge in [0.2, 0.25) is 0 Å². The number of halogens is 3. The summed E-state index contributed by atoms with van der Waals surface area (Å²) in [6, 6.07) is 9.64. The van der Waals surface area contributed by atoms with E-state index in [0.717, 1.165) is 5.56 Å². The number of nitrogens with one attached hydrogen (secondary N) is 1. The number of carbonyl (C=O) groups excluding carboxylic acids is 2. The smallest absolute Gasteiger partial charge is 0.475 e. The molecule has 1 aromatic carbocycles. The van der Waals surface area contributed by atoms with Crippen LogP contribution in [0.3, 0.4) is 0 Å². The first-order valence-corrected chi connectivity index (χ1v) is 8.73. The molecule has 0 saturated heterocycles. The van der Waals surface area contributed by atoms with Crippen molar-refractivity contribution in [1.82, 2.24) is 5.32 Å². The van der Waals surface area contributed by atoms with Crippen molar-refractivity contribution in [3.63, 3.8) is 0 Å². The molecular weight excluding hydrogens is 395 g/mol. The Hall–Kier alpha value is -2.78. The van der Waals surface area contributed by atoms with Crippen LogP contribution in [0.25, 0.3) is 0 Å². The molecule has 7 nitrogen and oxygen atoms in total. The summed E-state index contributed by atoms with van der Waals surface area (Å²) in [7, 11) is 0. The monoisotopic (exact) mass is 421 g/mol. The van der Waals surface area contributed by atoms with E-state index in [1.165, 1.54) is 0 Å². The Morgan fingerprint density at radius 1 is 1.10 bits per heavy atom. The predicted molar refractivity (Wildman–Crippen MR) is 98.2 cm³/mol. The van der Waals surface area contributed by atoms with Crippen molar-refractivity contribution in [3.05, 3.63) is 35.9 Å². The van der Waals surface area contributed by atoms with Crippen molar-refractivity contribution >= 4 is 18.0 Å². The number of alkyl halides is 3. The highest BCUT2D eigenvalue weighted by atomic mass is 19.4. The van der Waals surface area contributed by atoms with E-state index in [9.17, 15) is 22.8 Å². The summed E-state index contributed by atoms with van der Waals surface area (Å²) in [4.78, 5) is 32.6. The third kappa shape index (κ3) is 13.1. The fourth-order valence-corrected chi connectivity index (χ4v) is 1.92. The Balaban J connectivity index is 0.000000956. The number of hydrogen-bond donors (Lipinski definition) is 2. The van der Waals surface area contributed by atoms with Crippen molar-refractivity contribution in [1.29, 1.82) is 0 Å². The van der Waals surface area contributed by atoms with Crippen LogP contribution < -0.4 is 5.32 Å². The Morgan fingerprint density at radius 3 is 2.03 bits per heavy atom. The molecule has 0 fully saturated rings. The van der Waals surface area contributed by atoms with Crippen molar-refractivity contribution in [3.8, 4) is 0 Å². The van der Waals surface area contributed by atoms with Gasteiger partial charge in [-0.15, -0.1) is 0 Å². The molecule has 1 aromatic rings. The minimum absolute atomic E-state index is 0.183. The number of amides is 1. The van der Waals surface area contributed by atoms with E-state index < -0.39 is 29.8 Å². The van der Waals surface area contributed by atoms with E-state index in [4.69, 9.17) is 19.4 Å². The molecule has 0 spiro atoms. The Bertz CT molecular complexity index is 656. The van der Waals surface area contributed by atoms with Crippen molar-refractivity contribution in [2.45, 2.75) is 45.9 Å². The van der Waals surface area contributed by atoms with Gasteiger partial charge in [0.05, 0.1) is 12.5 Å². The molecule has 0 aromatic heterocycles. The van der Waals surface area contributed by atoms with Crippen LogP contribution in [-0.2, 0) is 25.5 Å². The highest BCUT2D eigenvalue weighted by Crippen LogP contribution is 2.13. The van der Waals surface area contributed by atoms with Gasteiger partial charge in [-0.3, -0.25) is 4.79 Å². The zero-order chi connectivity index (χ0) is 22.7. The molecule has 0 aliphatic heterocycles. The maximum absolute atomic E-state index is 12.0. The van der Waals surface area contributed by atoms with Crippen LogP contribution in [0.1, 0.15) is 33.3 Å². The fraction of sp³-hybridized carbons (Fsp3) is 0.526. The van der Waals surface area contributed by atoms with Crippen LogP contribution >= 0.6 is 0 Å². The van der Waals surface area contributed by atoms with Gasteiger partial charge in [-0.1, -0.05) is 30.3 Å². The number of alkyl carbamates (subject to hydrolysis) is 1. The fourth-order valence-electron chi connectivity index (χ4n) is 1.92. The number of aliphatic carboxylic acids is 1. The number of carbonyl (C=O) groups is 3. The molecule has 1 atom stereocenters. The van der Waals surface area contributed by atoms with Crippen LogP contribution in [0.15, 0.2) is 30.3 Å². The van der Waals surface area contributed by atoms with Crippen molar-refractivity contribution < 1.29 is 42.1 Å². The second-order valence-corrected chi connectivity index (χ2v) is 6.82. The first-order valence-electron chi connectivity index (χ1n) is 8.73. The first kappa shape index (κ1) is 26.2. The zero-order valence-electron chi connectivity index (χ0n) is 16.7. The molecule has 2 N–H and O–H groups in total. The highest BCUT2D eigenvalue weighted by Gasteiger charge is 2.38. The minimum Gasteiger partial charge on any atom is -0.475 e. The lowest BCUT2D eigenvalue weighted by molar-refractivity contribution is -0.192. The van der Waals surface area contributed by atoms with E-state index in [0.29, 0.717) is 13.0 Å². The summed E-state index contributed by atoms with van der Waals surface area (Å²) in [5.41, 5.74) is 0.453. The summed E-state index contributed by atoms with van der Waals surface area (Å²) in [5.74, 6) is -3.51. The number of benzene rings is 1. The first-order chi connectivity index (χ1) is 13.3. The summed E-state index contributed by atoms with van der Waals surface area (Å²) in [6.07, 6.45) is -5.11. The summed E-state index contributed by atoms with van der Waals surface area (Å²) in [6.45, 7) is 7.64.